The fourth-order valence-electron chi connectivity index (χ4n) is 2.79. The molecule has 0 saturated carbocycles. The highest BCUT2D eigenvalue weighted by atomic mass is 16.6. The van der Waals surface area contributed by atoms with Gasteiger partial charge in [-0.25, -0.2) is 4.79 Å². The number of hydrogen-bond donors (Lipinski definition) is 1. The summed E-state index contributed by atoms with van der Waals surface area (Å²) in [5.74, 6) is -0.662. The highest BCUT2D eigenvalue weighted by molar-refractivity contribution is 5.96. The van der Waals surface area contributed by atoms with Gasteiger partial charge in [-0.3, -0.25) is 4.79 Å². The lowest BCUT2D eigenvalue weighted by atomic mass is 10.1. The number of ether oxygens (including phenoxy) is 2. The molecule has 0 aliphatic heterocycles. The number of nitriles is 1. The number of nitrogens with zero attached hydrogens (tertiary/aromatic N) is 1. The lowest BCUT2D eigenvalue weighted by molar-refractivity contribution is -0.155. The summed E-state index contributed by atoms with van der Waals surface area (Å²) in [6.45, 7) is 1.12. The van der Waals surface area contributed by atoms with Crippen LogP contribution in [0.25, 0.3) is 11.1 Å². The summed E-state index contributed by atoms with van der Waals surface area (Å²) in [4.78, 5) is 24.5. The summed E-state index contributed by atoms with van der Waals surface area (Å²) in [6.07, 6.45) is -1.04. The van der Waals surface area contributed by atoms with Crippen LogP contribution in [0.2, 0.25) is 0 Å². The molecule has 3 rings (SSSR count). The van der Waals surface area contributed by atoms with Crippen LogP contribution >= 0.6 is 0 Å². The van der Waals surface area contributed by atoms with Crippen LogP contribution < -0.4 is 10.1 Å². The first-order valence-electron chi connectivity index (χ1n) is 9.35. The van der Waals surface area contributed by atoms with E-state index in [-0.39, 0.29) is 6.61 Å². The molecule has 6 nitrogen and oxygen atoms in total. The van der Waals surface area contributed by atoms with Gasteiger partial charge in [0.25, 0.3) is 5.91 Å². The molecule has 3 aromatic carbocycles. The molecular weight excluding hydrogens is 380 g/mol. The van der Waals surface area contributed by atoms with Crippen molar-refractivity contribution in [1.82, 2.24) is 0 Å². The Hall–Kier alpha value is -4.11. The van der Waals surface area contributed by atoms with E-state index in [1.54, 1.807) is 30.3 Å². The zero-order valence-corrected chi connectivity index (χ0v) is 16.4. The van der Waals surface area contributed by atoms with Crippen molar-refractivity contribution in [2.75, 3.05) is 11.9 Å². The third-order valence-corrected chi connectivity index (χ3v) is 4.30. The molecule has 1 unspecified atom stereocenters. The molecule has 150 valence electrons. The van der Waals surface area contributed by atoms with Crippen LogP contribution in [-0.4, -0.2) is 24.6 Å². The number of esters is 1. The van der Waals surface area contributed by atoms with Gasteiger partial charge in [-0.15, -0.1) is 0 Å². The molecule has 30 heavy (non-hydrogen) atoms. The van der Waals surface area contributed by atoms with Crippen molar-refractivity contribution in [2.45, 2.75) is 13.0 Å². The Morgan fingerprint density at radius 1 is 0.967 bits per heavy atom. The fourth-order valence-corrected chi connectivity index (χ4v) is 2.79. The van der Waals surface area contributed by atoms with Gasteiger partial charge in [0.1, 0.15) is 11.8 Å². The molecule has 0 spiro atoms. The Balaban J connectivity index is 1.58. The molecule has 6 heteroatoms. The van der Waals surface area contributed by atoms with Crippen LogP contribution in [0.5, 0.6) is 5.75 Å². The lowest BCUT2D eigenvalue weighted by Gasteiger charge is -2.15. The van der Waals surface area contributed by atoms with E-state index >= 15 is 0 Å². The summed E-state index contributed by atoms with van der Waals surface area (Å²) in [5.41, 5.74) is 2.50. The van der Waals surface area contributed by atoms with Gasteiger partial charge in [-0.1, -0.05) is 60.7 Å². The Morgan fingerprint density at radius 2 is 1.63 bits per heavy atom. The number of amides is 1. The topological polar surface area (TPSA) is 88.4 Å². The number of benzene rings is 3. The number of carbonyl (C=O) groups is 2. The zero-order valence-electron chi connectivity index (χ0n) is 16.4. The summed E-state index contributed by atoms with van der Waals surface area (Å²) in [6, 6.07) is 25.6. The minimum absolute atomic E-state index is 0.324. The van der Waals surface area contributed by atoms with Gasteiger partial charge in [0.15, 0.2) is 12.7 Å². The first-order valence-corrected chi connectivity index (χ1v) is 9.35. The quantitative estimate of drug-likeness (QED) is 0.601. The number of hydrogen-bond acceptors (Lipinski definition) is 5. The Morgan fingerprint density at radius 3 is 2.40 bits per heavy atom. The van der Waals surface area contributed by atoms with E-state index in [1.165, 1.54) is 6.92 Å². The maximum atomic E-state index is 12.3. The van der Waals surface area contributed by atoms with Crippen molar-refractivity contribution in [3.05, 3.63) is 84.4 Å². The van der Waals surface area contributed by atoms with Crippen molar-refractivity contribution in [3.63, 3.8) is 0 Å². The van der Waals surface area contributed by atoms with Crippen LogP contribution in [0.4, 0.5) is 5.69 Å². The zero-order chi connectivity index (χ0) is 21.3. The summed E-state index contributed by atoms with van der Waals surface area (Å²) >= 11 is 0. The van der Waals surface area contributed by atoms with Crippen molar-refractivity contribution < 1.29 is 19.1 Å². The van der Waals surface area contributed by atoms with E-state index in [9.17, 15) is 9.59 Å². The molecule has 0 radical (unpaired) electrons. The second-order valence-electron chi connectivity index (χ2n) is 6.43. The fraction of sp³-hybridized carbons (Fsp3) is 0.125. The Bertz CT molecular complexity index is 1070. The molecule has 1 atom stereocenters. The van der Waals surface area contributed by atoms with E-state index < -0.39 is 18.0 Å². The molecule has 1 N–H and O–H groups in total. The third-order valence-electron chi connectivity index (χ3n) is 4.30. The summed E-state index contributed by atoms with van der Waals surface area (Å²) < 4.78 is 10.8. The van der Waals surface area contributed by atoms with Gasteiger partial charge in [0, 0.05) is 5.56 Å². The van der Waals surface area contributed by atoms with Gasteiger partial charge >= 0.3 is 5.97 Å². The molecule has 0 saturated heterocycles. The molecule has 0 aliphatic rings. The monoisotopic (exact) mass is 400 g/mol. The smallest absolute Gasteiger partial charge is 0.344 e. The minimum Gasteiger partial charge on any atom is -0.481 e. The van der Waals surface area contributed by atoms with E-state index in [2.05, 4.69) is 5.32 Å². The largest absolute Gasteiger partial charge is 0.481 e. The molecule has 0 aromatic heterocycles. The maximum Gasteiger partial charge on any atom is 0.344 e. The van der Waals surface area contributed by atoms with Crippen molar-refractivity contribution in [1.29, 1.82) is 5.26 Å². The highest BCUT2D eigenvalue weighted by Gasteiger charge is 2.19. The third kappa shape index (κ3) is 5.24. The molecule has 0 fully saturated rings. The SMILES string of the molecule is CC(OC(=O)COc1ccccc1-c1ccccc1)C(=O)Nc1ccccc1C#N. The Labute approximate surface area is 174 Å². The first-order chi connectivity index (χ1) is 14.6. The molecule has 0 aliphatic carbocycles. The molecule has 1 amide bonds. The van der Waals surface area contributed by atoms with Gasteiger partial charge in [-0.05, 0) is 30.7 Å². The van der Waals surface area contributed by atoms with E-state index in [0.29, 0.717) is 17.0 Å². The second-order valence-corrected chi connectivity index (χ2v) is 6.43. The number of rotatable bonds is 7. The van der Waals surface area contributed by atoms with Gasteiger partial charge in [0.05, 0.1) is 11.3 Å². The van der Waals surface area contributed by atoms with Crippen LogP contribution in [0.3, 0.4) is 0 Å². The van der Waals surface area contributed by atoms with Gasteiger partial charge < -0.3 is 14.8 Å². The number of anilines is 1. The number of carbonyl (C=O) groups excluding carboxylic acids is 2. The summed E-state index contributed by atoms with van der Waals surface area (Å²) in [5, 5.41) is 11.7. The molecule has 0 bridgehead atoms. The molecule has 3 aromatic rings. The highest BCUT2D eigenvalue weighted by Crippen LogP contribution is 2.29. The van der Waals surface area contributed by atoms with Crippen LogP contribution in [0, 0.1) is 11.3 Å². The predicted octanol–water partition coefficient (Wildman–Crippen LogP) is 4.17. The molecular formula is C24H20N2O4. The average Bonchev–Trinajstić information content (AvgIpc) is 2.78. The maximum absolute atomic E-state index is 12.3. The van der Waals surface area contributed by atoms with E-state index in [4.69, 9.17) is 14.7 Å². The van der Waals surface area contributed by atoms with Crippen molar-refractivity contribution >= 4 is 17.6 Å². The first kappa shape index (κ1) is 20.6. The van der Waals surface area contributed by atoms with Crippen molar-refractivity contribution in [2.24, 2.45) is 0 Å². The Kier molecular flexibility index (Phi) is 6.80. The van der Waals surface area contributed by atoms with Crippen LogP contribution in [-0.2, 0) is 14.3 Å². The number of nitrogens with one attached hydrogen (secondary N) is 1. The van der Waals surface area contributed by atoms with Crippen LogP contribution in [0.15, 0.2) is 78.9 Å². The van der Waals surface area contributed by atoms with Crippen LogP contribution in [0.1, 0.15) is 12.5 Å². The molecule has 0 heterocycles. The normalized spacial score (nSPS) is 11.1. The summed E-state index contributed by atoms with van der Waals surface area (Å²) in [7, 11) is 0. The van der Waals surface area contributed by atoms with Crippen molar-refractivity contribution in [3.8, 4) is 22.9 Å². The minimum atomic E-state index is -1.04. The predicted molar refractivity (Wildman–Crippen MR) is 113 cm³/mol. The van der Waals surface area contributed by atoms with Gasteiger partial charge in [0.2, 0.25) is 0 Å². The number of para-hydroxylation sites is 2. The second kappa shape index (κ2) is 9.89. The average molecular weight is 400 g/mol. The van der Waals surface area contributed by atoms with E-state index in [1.807, 2.05) is 54.6 Å². The van der Waals surface area contributed by atoms with E-state index in [0.717, 1.165) is 11.1 Å². The lowest BCUT2D eigenvalue weighted by Crippen LogP contribution is -2.31. The van der Waals surface area contributed by atoms with Gasteiger partial charge in [-0.2, -0.15) is 5.26 Å². The standard InChI is InChI=1S/C24H20N2O4/c1-17(24(28)26-21-13-7-5-11-19(21)15-25)30-23(27)16-29-22-14-8-6-12-20(22)18-9-3-2-4-10-18/h2-14,17H,16H2,1H3,(H,26,28).